The van der Waals surface area contributed by atoms with Gasteiger partial charge in [-0.3, -0.25) is 0 Å². The van der Waals surface area contributed by atoms with Gasteiger partial charge in [0.1, 0.15) is 5.75 Å². The van der Waals surface area contributed by atoms with Crippen LogP contribution in [0.3, 0.4) is 0 Å². The average Bonchev–Trinajstić information content (AvgIpc) is 2.24. The first kappa shape index (κ1) is 12.1. The number of rotatable bonds is 6. The quantitative estimate of drug-likeness (QED) is 0.751. The van der Waals surface area contributed by atoms with E-state index in [0.717, 1.165) is 25.8 Å². The standard InChI is InChI=1S/C13H21NO/c1-3-12(14-4-2)9-8-11-6-5-7-13(15)10-11/h5-7,10,12,14-15H,3-4,8-9H2,1-2H3. The highest BCUT2D eigenvalue weighted by molar-refractivity contribution is 5.27. The molecule has 0 heterocycles. The first-order valence-electron chi connectivity index (χ1n) is 5.77. The van der Waals surface area contributed by atoms with Gasteiger partial charge in [-0.2, -0.15) is 0 Å². The number of aromatic hydroxyl groups is 1. The molecule has 2 heteroatoms. The Morgan fingerprint density at radius 3 is 2.73 bits per heavy atom. The molecule has 0 amide bonds. The number of phenols is 1. The SMILES string of the molecule is CCNC(CC)CCc1cccc(O)c1. The molecule has 1 rings (SSSR count). The van der Waals surface area contributed by atoms with E-state index in [1.807, 2.05) is 12.1 Å². The first-order chi connectivity index (χ1) is 7.26. The van der Waals surface area contributed by atoms with Gasteiger partial charge < -0.3 is 10.4 Å². The zero-order valence-corrected chi connectivity index (χ0v) is 9.66. The highest BCUT2D eigenvalue weighted by Gasteiger charge is 2.04. The molecule has 0 aliphatic heterocycles. The van der Waals surface area contributed by atoms with E-state index in [9.17, 15) is 5.11 Å². The Labute approximate surface area is 92.3 Å². The van der Waals surface area contributed by atoms with Gasteiger partial charge in [-0.15, -0.1) is 0 Å². The van der Waals surface area contributed by atoms with E-state index in [0.29, 0.717) is 11.8 Å². The lowest BCUT2D eigenvalue weighted by molar-refractivity contribution is 0.469. The lowest BCUT2D eigenvalue weighted by atomic mass is 10.0. The Kier molecular flexibility index (Phi) is 5.19. The summed E-state index contributed by atoms with van der Waals surface area (Å²) < 4.78 is 0. The fourth-order valence-electron chi connectivity index (χ4n) is 1.79. The Bertz CT molecular complexity index is 286. The molecular weight excluding hydrogens is 186 g/mol. The van der Waals surface area contributed by atoms with Gasteiger partial charge in [0.2, 0.25) is 0 Å². The Morgan fingerprint density at radius 2 is 2.13 bits per heavy atom. The minimum Gasteiger partial charge on any atom is -0.508 e. The number of nitrogens with one attached hydrogen (secondary N) is 1. The van der Waals surface area contributed by atoms with Crippen molar-refractivity contribution in [3.63, 3.8) is 0 Å². The lowest BCUT2D eigenvalue weighted by Gasteiger charge is -2.15. The molecule has 1 atom stereocenters. The molecule has 0 aromatic heterocycles. The van der Waals surface area contributed by atoms with Crippen molar-refractivity contribution in [1.29, 1.82) is 0 Å². The molecular formula is C13H21NO. The largest absolute Gasteiger partial charge is 0.508 e. The highest BCUT2D eigenvalue weighted by Crippen LogP contribution is 2.13. The van der Waals surface area contributed by atoms with E-state index in [1.165, 1.54) is 5.56 Å². The summed E-state index contributed by atoms with van der Waals surface area (Å²) in [5.74, 6) is 0.365. The van der Waals surface area contributed by atoms with Gasteiger partial charge in [0.05, 0.1) is 0 Å². The van der Waals surface area contributed by atoms with Gasteiger partial charge in [-0.25, -0.2) is 0 Å². The van der Waals surface area contributed by atoms with Crippen LogP contribution >= 0.6 is 0 Å². The summed E-state index contributed by atoms with van der Waals surface area (Å²) in [7, 11) is 0. The van der Waals surface area contributed by atoms with Gasteiger partial charge in [0.15, 0.2) is 0 Å². The molecule has 84 valence electrons. The Hall–Kier alpha value is -1.02. The summed E-state index contributed by atoms with van der Waals surface area (Å²) in [6.07, 6.45) is 3.32. The van der Waals surface area contributed by atoms with Gasteiger partial charge in [-0.1, -0.05) is 26.0 Å². The van der Waals surface area contributed by atoms with E-state index < -0.39 is 0 Å². The van der Waals surface area contributed by atoms with Crippen molar-refractivity contribution in [3.8, 4) is 5.75 Å². The maximum absolute atomic E-state index is 9.32. The van der Waals surface area contributed by atoms with Crippen LogP contribution in [0, 0.1) is 0 Å². The fourth-order valence-corrected chi connectivity index (χ4v) is 1.79. The molecule has 15 heavy (non-hydrogen) atoms. The van der Waals surface area contributed by atoms with Gasteiger partial charge in [-0.05, 0) is 43.5 Å². The van der Waals surface area contributed by atoms with Crippen LogP contribution in [0.4, 0.5) is 0 Å². The predicted molar refractivity (Wildman–Crippen MR) is 64.2 cm³/mol. The summed E-state index contributed by atoms with van der Waals surface area (Å²) in [4.78, 5) is 0. The van der Waals surface area contributed by atoms with E-state index in [2.05, 4.69) is 25.2 Å². The van der Waals surface area contributed by atoms with Crippen molar-refractivity contribution in [3.05, 3.63) is 29.8 Å². The number of hydrogen-bond donors (Lipinski definition) is 2. The first-order valence-corrected chi connectivity index (χ1v) is 5.77. The maximum Gasteiger partial charge on any atom is 0.115 e. The third kappa shape index (κ3) is 4.34. The second-order valence-electron chi connectivity index (χ2n) is 3.87. The molecule has 0 aliphatic rings. The predicted octanol–water partition coefficient (Wildman–Crippen LogP) is 2.71. The minimum absolute atomic E-state index is 0.365. The Balaban J connectivity index is 2.41. The van der Waals surface area contributed by atoms with Crippen molar-refractivity contribution in [2.24, 2.45) is 0 Å². The zero-order chi connectivity index (χ0) is 11.1. The van der Waals surface area contributed by atoms with Crippen LogP contribution in [-0.4, -0.2) is 17.7 Å². The van der Waals surface area contributed by atoms with E-state index in [-0.39, 0.29) is 0 Å². The van der Waals surface area contributed by atoms with Crippen LogP contribution in [0.25, 0.3) is 0 Å². The molecule has 0 spiro atoms. The molecule has 0 aliphatic carbocycles. The zero-order valence-electron chi connectivity index (χ0n) is 9.66. The monoisotopic (exact) mass is 207 g/mol. The van der Waals surface area contributed by atoms with Gasteiger partial charge in [0, 0.05) is 6.04 Å². The number of phenolic OH excluding ortho intramolecular Hbond substituents is 1. The van der Waals surface area contributed by atoms with E-state index in [4.69, 9.17) is 0 Å². The van der Waals surface area contributed by atoms with Crippen molar-refractivity contribution in [2.45, 2.75) is 39.2 Å². The third-order valence-electron chi connectivity index (χ3n) is 2.68. The molecule has 0 bridgehead atoms. The summed E-state index contributed by atoms with van der Waals surface area (Å²) in [6, 6.07) is 8.12. The van der Waals surface area contributed by atoms with Crippen molar-refractivity contribution in [2.75, 3.05) is 6.54 Å². The normalized spacial score (nSPS) is 12.7. The molecule has 1 aromatic rings. The van der Waals surface area contributed by atoms with Crippen LogP contribution in [0.5, 0.6) is 5.75 Å². The van der Waals surface area contributed by atoms with Gasteiger partial charge >= 0.3 is 0 Å². The number of benzene rings is 1. The second-order valence-corrected chi connectivity index (χ2v) is 3.87. The molecule has 0 radical (unpaired) electrons. The third-order valence-corrected chi connectivity index (χ3v) is 2.68. The topological polar surface area (TPSA) is 32.3 Å². The number of aryl methyl sites for hydroxylation is 1. The maximum atomic E-state index is 9.32. The van der Waals surface area contributed by atoms with Crippen molar-refractivity contribution in [1.82, 2.24) is 5.32 Å². The van der Waals surface area contributed by atoms with Crippen LogP contribution in [-0.2, 0) is 6.42 Å². The molecule has 2 N–H and O–H groups in total. The summed E-state index contributed by atoms with van der Waals surface area (Å²) >= 11 is 0. The van der Waals surface area contributed by atoms with Gasteiger partial charge in [0.25, 0.3) is 0 Å². The summed E-state index contributed by atoms with van der Waals surface area (Å²) in [5.41, 5.74) is 1.21. The van der Waals surface area contributed by atoms with Crippen LogP contribution in [0.15, 0.2) is 24.3 Å². The molecule has 2 nitrogen and oxygen atoms in total. The van der Waals surface area contributed by atoms with E-state index >= 15 is 0 Å². The fraction of sp³-hybridized carbons (Fsp3) is 0.538. The molecule has 1 unspecified atom stereocenters. The summed E-state index contributed by atoms with van der Waals surface area (Å²) in [6.45, 7) is 5.37. The second kappa shape index (κ2) is 6.46. The van der Waals surface area contributed by atoms with Crippen LogP contribution in [0.2, 0.25) is 0 Å². The smallest absolute Gasteiger partial charge is 0.115 e. The lowest BCUT2D eigenvalue weighted by Crippen LogP contribution is -2.28. The molecule has 0 saturated carbocycles. The molecule has 0 fully saturated rings. The van der Waals surface area contributed by atoms with Crippen LogP contribution < -0.4 is 5.32 Å². The average molecular weight is 207 g/mol. The molecule has 0 saturated heterocycles. The van der Waals surface area contributed by atoms with Crippen molar-refractivity contribution >= 4 is 0 Å². The van der Waals surface area contributed by atoms with Crippen LogP contribution in [0.1, 0.15) is 32.3 Å². The number of hydrogen-bond acceptors (Lipinski definition) is 2. The van der Waals surface area contributed by atoms with E-state index in [1.54, 1.807) is 6.07 Å². The Morgan fingerprint density at radius 1 is 1.33 bits per heavy atom. The summed E-state index contributed by atoms with van der Waals surface area (Å²) in [5, 5.41) is 12.8. The molecule has 1 aromatic carbocycles. The minimum atomic E-state index is 0.365. The highest BCUT2D eigenvalue weighted by atomic mass is 16.3. The van der Waals surface area contributed by atoms with Crippen molar-refractivity contribution < 1.29 is 5.11 Å².